The molecule has 0 heterocycles. The van der Waals surface area contributed by atoms with Crippen molar-refractivity contribution in [3.63, 3.8) is 0 Å². The molecule has 1 atom stereocenters. The summed E-state index contributed by atoms with van der Waals surface area (Å²) in [5.41, 5.74) is 0.860. The van der Waals surface area contributed by atoms with E-state index >= 15 is 0 Å². The van der Waals surface area contributed by atoms with Crippen LogP contribution < -0.4 is 0 Å². The molecule has 0 aliphatic heterocycles. The van der Waals surface area contributed by atoms with E-state index in [0.29, 0.717) is 19.8 Å². The second-order valence-corrected chi connectivity index (χ2v) is 3.70. The molecule has 0 fully saturated rings. The molecule has 0 saturated carbocycles. The lowest BCUT2D eigenvalue weighted by atomic mass is 10.1. The fraction of sp³-hybridized carbons (Fsp3) is 0.769. The third-order valence-corrected chi connectivity index (χ3v) is 2.35. The van der Waals surface area contributed by atoms with Gasteiger partial charge in [0.05, 0.1) is 32.3 Å². The second kappa shape index (κ2) is 11.2. The van der Waals surface area contributed by atoms with Crippen LogP contribution in [0.5, 0.6) is 0 Å². The van der Waals surface area contributed by atoms with Crippen LogP contribution in [0.15, 0.2) is 12.2 Å². The van der Waals surface area contributed by atoms with Gasteiger partial charge in [-0.15, -0.1) is 0 Å². The summed E-state index contributed by atoms with van der Waals surface area (Å²) in [6.45, 7) is 9.09. The van der Waals surface area contributed by atoms with Crippen LogP contribution in [0, 0.1) is 0 Å². The summed E-state index contributed by atoms with van der Waals surface area (Å²) >= 11 is 0. The Morgan fingerprint density at radius 1 is 1.28 bits per heavy atom. The van der Waals surface area contributed by atoms with E-state index in [-0.39, 0.29) is 25.3 Å². The van der Waals surface area contributed by atoms with Gasteiger partial charge in [0.15, 0.2) is 0 Å². The monoisotopic (exact) mass is 260 g/mol. The van der Waals surface area contributed by atoms with Gasteiger partial charge in [-0.3, -0.25) is 4.79 Å². The van der Waals surface area contributed by atoms with Gasteiger partial charge in [0.2, 0.25) is 0 Å². The smallest absolute Gasteiger partial charge is 0.308 e. The molecule has 0 aromatic heterocycles. The van der Waals surface area contributed by atoms with Crippen LogP contribution in [0.25, 0.3) is 0 Å². The SMILES string of the molecule is C=C(CC)C(CC(=O)OCC)OCOCCOC. The van der Waals surface area contributed by atoms with Crippen molar-refractivity contribution in [1.82, 2.24) is 0 Å². The zero-order chi connectivity index (χ0) is 13.8. The van der Waals surface area contributed by atoms with Gasteiger partial charge in [0, 0.05) is 7.11 Å². The summed E-state index contributed by atoms with van der Waals surface area (Å²) < 4.78 is 20.4. The number of hydrogen-bond acceptors (Lipinski definition) is 5. The van der Waals surface area contributed by atoms with Crippen molar-refractivity contribution >= 4 is 5.97 Å². The number of hydrogen-bond donors (Lipinski definition) is 0. The maximum Gasteiger partial charge on any atom is 0.308 e. The van der Waals surface area contributed by atoms with Gasteiger partial charge in [-0.2, -0.15) is 0 Å². The van der Waals surface area contributed by atoms with E-state index in [0.717, 1.165) is 12.0 Å². The third-order valence-electron chi connectivity index (χ3n) is 2.35. The summed E-state index contributed by atoms with van der Waals surface area (Å²) in [6.07, 6.45) is 0.577. The predicted octanol–water partition coefficient (Wildman–Crippen LogP) is 1.91. The molecule has 5 nitrogen and oxygen atoms in total. The summed E-state index contributed by atoms with van der Waals surface area (Å²) in [5.74, 6) is -0.283. The van der Waals surface area contributed by atoms with Crippen LogP contribution in [-0.2, 0) is 23.7 Å². The molecule has 0 aliphatic rings. The summed E-state index contributed by atoms with van der Waals surface area (Å²) in [4.78, 5) is 11.4. The molecule has 106 valence electrons. The van der Waals surface area contributed by atoms with Gasteiger partial charge in [0.25, 0.3) is 0 Å². The van der Waals surface area contributed by atoms with Crippen LogP contribution in [0.3, 0.4) is 0 Å². The average Bonchev–Trinajstić information content (AvgIpc) is 2.36. The fourth-order valence-electron chi connectivity index (χ4n) is 1.25. The summed E-state index contributed by atoms with van der Waals surface area (Å²) in [6, 6.07) is 0. The zero-order valence-electron chi connectivity index (χ0n) is 11.6. The van der Waals surface area contributed by atoms with E-state index in [4.69, 9.17) is 18.9 Å². The summed E-state index contributed by atoms with van der Waals surface area (Å²) in [7, 11) is 1.60. The van der Waals surface area contributed by atoms with Crippen molar-refractivity contribution in [1.29, 1.82) is 0 Å². The van der Waals surface area contributed by atoms with Crippen LogP contribution in [0.2, 0.25) is 0 Å². The fourth-order valence-corrected chi connectivity index (χ4v) is 1.25. The van der Waals surface area contributed by atoms with Gasteiger partial charge in [-0.05, 0) is 18.9 Å². The van der Waals surface area contributed by atoms with Crippen LogP contribution >= 0.6 is 0 Å². The predicted molar refractivity (Wildman–Crippen MR) is 68.2 cm³/mol. The highest BCUT2D eigenvalue weighted by molar-refractivity contribution is 5.70. The average molecular weight is 260 g/mol. The lowest BCUT2D eigenvalue weighted by molar-refractivity contribution is -0.148. The third kappa shape index (κ3) is 8.22. The number of esters is 1. The Morgan fingerprint density at radius 3 is 2.56 bits per heavy atom. The second-order valence-electron chi connectivity index (χ2n) is 3.70. The quantitative estimate of drug-likeness (QED) is 0.246. The Labute approximate surface area is 109 Å². The summed E-state index contributed by atoms with van der Waals surface area (Å²) in [5, 5.41) is 0. The maximum absolute atomic E-state index is 11.4. The van der Waals surface area contributed by atoms with E-state index in [2.05, 4.69) is 6.58 Å². The molecule has 18 heavy (non-hydrogen) atoms. The normalized spacial score (nSPS) is 12.2. The first-order valence-corrected chi connectivity index (χ1v) is 6.17. The molecule has 5 heteroatoms. The molecular formula is C13H24O5. The van der Waals surface area contributed by atoms with E-state index in [1.807, 2.05) is 6.92 Å². The lowest BCUT2D eigenvalue weighted by Crippen LogP contribution is -2.23. The molecule has 0 bridgehead atoms. The molecule has 0 aliphatic carbocycles. The van der Waals surface area contributed by atoms with Crippen molar-refractivity contribution in [2.75, 3.05) is 33.7 Å². The standard InChI is InChI=1S/C13H24O5/c1-5-11(3)12(9-13(14)17-6-2)18-10-16-8-7-15-4/h12H,3,5-10H2,1-2,4H3. The minimum absolute atomic E-state index is 0.118. The number of ether oxygens (including phenoxy) is 4. The topological polar surface area (TPSA) is 54.0 Å². The van der Waals surface area contributed by atoms with E-state index < -0.39 is 0 Å². The van der Waals surface area contributed by atoms with E-state index in [9.17, 15) is 4.79 Å². The Kier molecular flexibility index (Phi) is 10.6. The molecule has 0 aromatic rings. The van der Waals surface area contributed by atoms with Crippen molar-refractivity contribution in [3.05, 3.63) is 12.2 Å². The molecule has 0 amide bonds. The van der Waals surface area contributed by atoms with Crippen LogP contribution in [0.1, 0.15) is 26.7 Å². The minimum atomic E-state index is -0.350. The Morgan fingerprint density at radius 2 is 2.00 bits per heavy atom. The van der Waals surface area contributed by atoms with Crippen LogP contribution in [0.4, 0.5) is 0 Å². The van der Waals surface area contributed by atoms with Crippen molar-refractivity contribution in [3.8, 4) is 0 Å². The van der Waals surface area contributed by atoms with Gasteiger partial charge in [0.1, 0.15) is 6.79 Å². The Hall–Kier alpha value is -0.910. The Bertz CT molecular complexity index is 240. The van der Waals surface area contributed by atoms with Crippen LogP contribution in [-0.4, -0.2) is 45.8 Å². The van der Waals surface area contributed by atoms with Crippen molar-refractivity contribution in [2.24, 2.45) is 0 Å². The first kappa shape index (κ1) is 17.1. The first-order valence-electron chi connectivity index (χ1n) is 6.17. The van der Waals surface area contributed by atoms with Crippen molar-refractivity contribution in [2.45, 2.75) is 32.8 Å². The first-order chi connectivity index (χ1) is 8.65. The molecular weight excluding hydrogens is 236 g/mol. The van der Waals surface area contributed by atoms with Crippen molar-refractivity contribution < 1.29 is 23.7 Å². The largest absolute Gasteiger partial charge is 0.466 e. The number of carbonyl (C=O) groups is 1. The van der Waals surface area contributed by atoms with Gasteiger partial charge >= 0.3 is 5.97 Å². The van der Waals surface area contributed by atoms with E-state index in [1.54, 1.807) is 14.0 Å². The highest BCUT2D eigenvalue weighted by atomic mass is 16.7. The molecule has 0 saturated heterocycles. The molecule has 0 rings (SSSR count). The maximum atomic E-state index is 11.4. The van der Waals surface area contributed by atoms with Gasteiger partial charge in [-0.1, -0.05) is 13.5 Å². The molecule has 1 unspecified atom stereocenters. The molecule has 0 aromatic carbocycles. The van der Waals surface area contributed by atoms with E-state index in [1.165, 1.54) is 0 Å². The number of methoxy groups -OCH3 is 1. The lowest BCUT2D eigenvalue weighted by Gasteiger charge is -2.18. The highest BCUT2D eigenvalue weighted by Gasteiger charge is 2.17. The number of carbonyl (C=O) groups excluding carboxylic acids is 1. The highest BCUT2D eigenvalue weighted by Crippen LogP contribution is 2.13. The minimum Gasteiger partial charge on any atom is -0.466 e. The molecule has 0 spiro atoms. The van der Waals surface area contributed by atoms with Gasteiger partial charge < -0.3 is 18.9 Å². The molecule has 0 N–H and O–H groups in total. The number of rotatable bonds is 11. The van der Waals surface area contributed by atoms with Gasteiger partial charge in [-0.25, -0.2) is 0 Å². The Balaban J connectivity index is 3.99. The molecule has 0 radical (unpaired) electrons. The zero-order valence-corrected chi connectivity index (χ0v) is 11.6.